The maximum Gasteiger partial charge on any atom is 0.239 e. The number of amides is 2. The van der Waals surface area contributed by atoms with Crippen LogP contribution < -0.4 is 10.6 Å². The molecule has 1 saturated carbocycles. The molecule has 0 aromatic carbocycles. The summed E-state index contributed by atoms with van der Waals surface area (Å²) >= 11 is 0. The van der Waals surface area contributed by atoms with E-state index in [2.05, 4.69) is 24.5 Å². The Balaban J connectivity index is 2.03. The number of nitrogens with one attached hydrogen (secondary N) is 2. The normalized spacial score (nSPS) is 15.7. The van der Waals surface area contributed by atoms with E-state index in [-0.39, 0.29) is 24.3 Å². The maximum absolute atomic E-state index is 11.4. The van der Waals surface area contributed by atoms with Crippen molar-refractivity contribution in [1.82, 2.24) is 10.6 Å². The van der Waals surface area contributed by atoms with Crippen LogP contribution in [0.15, 0.2) is 0 Å². The van der Waals surface area contributed by atoms with Crippen molar-refractivity contribution in [2.75, 3.05) is 13.1 Å². The molecule has 0 radical (unpaired) electrons. The summed E-state index contributed by atoms with van der Waals surface area (Å²) in [7, 11) is 0. The van der Waals surface area contributed by atoms with E-state index in [1.54, 1.807) is 0 Å². The molecule has 0 bridgehead atoms. The smallest absolute Gasteiger partial charge is 0.239 e. The van der Waals surface area contributed by atoms with E-state index in [9.17, 15) is 9.59 Å². The van der Waals surface area contributed by atoms with Gasteiger partial charge in [-0.1, -0.05) is 20.3 Å². The second-order valence-corrected chi connectivity index (χ2v) is 4.88. The fourth-order valence-corrected chi connectivity index (χ4v) is 1.54. The average Bonchev–Trinajstić information content (AvgIpc) is 2.11. The fourth-order valence-electron chi connectivity index (χ4n) is 1.54. The minimum absolute atomic E-state index is 0.0326. The Morgan fingerprint density at radius 1 is 1.25 bits per heavy atom. The zero-order valence-electron chi connectivity index (χ0n) is 10.2. The first kappa shape index (κ1) is 13.0. The molecule has 0 saturated heterocycles. The highest BCUT2D eigenvalue weighted by atomic mass is 16.2. The molecule has 0 aliphatic heterocycles. The van der Waals surface area contributed by atoms with Crippen molar-refractivity contribution in [1.29, 1.82) is 0 Å². The van der Waals surface area contributed by atoms with E-state index in [0.717, 1.165) is 25.7 Å². The van der Waals surface area contributed by atoms with E-state index < -0.39 is 0 Å². The fraction of sp³-hybridized carbons (Fsp3) is 0.833. The van der Waals surface area contributed by atoms with Gasteiger partial charge in [0.25, 0.3) is 0 Å². The van der Waals surface area contributed by atoms with Crippen molar-refractivity contribution < 1.29 is 9.59 Å². The molecular weight excluding hydrogens is 204 g/mol. The molecular formula is C12H22N2O2. The highest BCUT2D eigenvalue weighted by molar-refractivity contribution is 5.86. The summed E-state index contributed by atoms with van der Waals surface area (Å²) in [6.07, 6.45) is 4.06. The molecule has 1 rings (SSSR count). The second-order valence-electron chi connectivity index (χ2n) is 4.88. The number of hydrogen-bond donors (Lipinski definition) is 2. The van der Waals surface area contributed by atoms with Gasteiger partial charge < -0.3 is 10.6 Å². The van der Waals surface area contributed by atoms with Gasteiger partial charge >= 0.3 is 0 Å². The molecule has 0 unspecified atom stereocenters. The second kappa shape index (κ2) is 6.51. The molecule has 1 aliphatic carbocycles. The zero-order valence-corrected chi connectivity index (χ0v) is 10.2. The third kappa shape index (κ3) is 4.64. The van der Waals surface area contributed by atoms with Crippen LogP contribution in [0.2, 0.25) is 0 Å². The molecule has 0 spiro atoms. The summed E-state index contributed by atoms with van der Waals surface area (Å²) in [5, 5.41) is 5.46. The topological polar surface area (TPSA) is 58.2 Å². The molecule has 16 heavy (non-hydrogen) atoms. The van der Waals surface area contributed by atoms with Gasteiger partial charge in [-0.05, 0) is 25.2 Å². The van der Waals surface area contributed by atoms with Crippen LogP contribution in [0.5, 0.6) is 0 Å². The van der Waals surface area contributed by atoms with Crippen LogP contribution in [-0.4, -0.2) is 24.9 Å². The lowest BCUT2D eigenvalue weighted by Gasteiger charge is -2.23. The molecule has 4 heteroatoms. The van der Waals surface area contributed by atoms with E-state index in [1.807, 2.05) is 0 Å². The van der Waals surface area contributed by atoms with Crippen molar-refractivity contribution >= 4 is 11.8 Å². The third-order valence-corrected chi connectivity index (χ3v) is 2.94. The first-order chi connectivity index (χ1) is 7.59. The predicted molar refractivity (Wildman–Crippen MR) is 62.8 cm³/mol. The molecule has 1 fully saturated rings. The van der Waals surface area contributed by atoms with Gasteiger partial charge in [-0.25, -0.2) is 0 Å². The number of carbonyl (C=O) groups is 2. The van der Waals surface area contributed by atoms with Crippen LogP contribution in [0.25, 0.3) is 0 Å². The molecule has 4 nitrogen and oxygen atoms in total. The molecule has 1 aliphatic rings. The molecule has 0 atom stereocenters. The molecule has 0 aromatic heterocycles. The van der Waals surface area contributed by atoms with Crippen LogP contribution in [0.4, 0.5) is 0 Å². The lowest BCUT2D eigenvalue weighted by atomic mass is 9.85. The molecule has 0 heterocycles. The van der Waals surface area contributed by atoms with E-state index >= 15 is 0 Å². The monoisotopic (exact) mass is 226 g/mol. The lowest BCUT2D eigenvalue weighted by Crippen LogP contribution is -2.41. The molecule has 2 N–H and O–H groups in total. The Morgan fingerprint density at radius 3 is 2.44 bits per heavy atom. The third-order valence-electron chi connectivity index (χ3n) is 2.94. The van der Waals surface area contributed by atoms with Crippen molar-refractivity contribution in [3.05, 3.63) is 0 Å². The van der Waals surface area contributed by atoms with Crippen molar-refractivity contribution in [3.63, 3.8) is 0 Å². The quantitative estimate of drug-likeness (QED) is 0.711. The van der Waals surface area contributed by atoms with Crippen LogP contribution in [-0.2, 0) is 9.59 Å². The minimum atomic E-state index is -0.0895. The zero-order chi connectivity index (χ0) is 12.0. The standard InChI is InChI=1S/C12H22N2O2/c1-9(2)6-7-13-11(15)8-14-12(16)10-4-3-5-10/h9-10H,3-8H2,1-2H3,(H,13,15)(H,14,16). The van der Waals surface area contributed by atoms with Crippen LogP contribution >= 0.6 is 0 Å². The van der Waals surface area contributed by atoms with Crippen LogP contribution in [0.1, 0.15) is 39.5 Å². The SMILES string of the molecule is CC(C)CCNC(=O)CNC(=O)C1CCC1. The van der Waals surface area contributed by atoms with Gasteiger partial charge in [0, 0.05) is 12.5 Å². The predicted octanol–water partition coefficient (Wildman–Crippen LogP) is 1.06. The first-order valence-corrected chi connectivity index (χ1v) is 6.14. The summed E-state index contributed by atoms with van der Waals surface area (Å²) in [5.41, 5.74) is 0. The minimum Gasteiger partial charge on any atom is -0.355 e. The maximum atomic E-state index is 11.4. The van der Waals surface area contributed by atoms with Crippen molar-refractivity contribution in [3.8, 4) is 0 Å². The van der Waals surface area contributed by atoms with Gasteiger partial charge in [-0.2, -0.15) is 0 Å². The Labute approximate surface area is 97.2 Å². The van der Waals surface area contributed by atoms with Gasteiger partial charge in [-0.15, -0.1) is 0 Å². The molecule has 92 valence electrons. The summed E-state index contributed by atoms with van der Waals surface area (Å²) in [4.78, 5) is 22.8. The number of carbonyl (C=O) groups excluding carboxylic acids is 2. The van der Waals surface area contributed by atoms with Crippen LogP contribution in [0.3, 0.4) is 0 Å². The van der Waals surface area contributed by atoms with Gasteiger partial charge in [0.2, 0.25) is 11.8 Å². The first-order valence-electron chi connectivity index (χ1n) is 6.14. The number of rotatable bonds is 6. The average molecular weight is 226 g/mol. The highest BCUT2D eigenvalue weighted by Gasteiger charge is 2.25. The molecule has 2 amide bonds. The summed E-state index contributed by atoms with van der Waals surface area (Å²) in [5.74, 6) is 0.687. The lowest BCUT2D eigenvalue weighted by molar-refractivity contribution is -0.130. The van der Waals surface area contributed by atoms with Crippen LogP contribution in [0, 0.1) is 11.8 Å². The van der Waals surface area contributed by atoms with Gasteiger partial charge in [0.15, 0.2) is 0 Å². The van der Waals surface area contributed by atoms with Gasteiger partial charge in [0.05, 0.1) is 6.54 Å². The highest BCUT2D eigenvalue weighted by Crippen LogP contribution is 2.25. The Kier molecular flexibility index (Phi) is 5.29. The van der Waals surface area contributed by atoms with Crippen molar-refractivity contribution in [2.24, 2.45) is 11.8 Å². The number of hydrogen-bond acceptors (Lipinski definition) is 2. The molecule has 0 aromatic rings. The van der Waals surface area contributed by atoms with E-state index in [0.29, 0.717) is 12.5 Å². The summed E-state index contributed by atoms with van der Waals surface area (Å²) in [6.45, 7) is 5.04. The summed E-state index contributed by atoms with van der Waals surface area (Å²) < 4.78 is 0. The Hall–Kier alpha value is -1.06. The summed E-state index contributed by atoms with van der Waals surface area (Å²) in [6, 6.07) is 0. The van der Waals surface area contributed by atoms with Crippen molar-refractivity contribution in [2.45, 2.75) is 39.5 Å². The Morgan fingerprint density at radius 2 is 1.94 bits per heavy atom. The largest absolute Gasteiger partial charge is 0.355 e. The Bertz CT molecular complexity index is 247. The van der Waals surface area contributed by atoms with E-state index in [4.69, 9.17) is 0 Å². The van der Waals surface area contributed by atoms with Gasteiger partial charge in [0.1, 0.15) is 0 Å². The van der Waals surface area contributed by atoms with E-state index in [1.165, 1.54) is 0 Å². The van der Waals surface area contributed by atoms with Gasteiger partial charge in [-0.3, -0.25) is 9.59 Å².